The maximum Gasteiger partial charge on any atom is 0.332 e. The van der Waals surface area contributed by atoms with Gasteiger partial charge in [0.1, 0.15) is 11.5 Å². The predicted molar refractivity (Wildman–Crippen MR) is 111 cm³/mol. The van der Waals surface area contributed by atoms with E-state index in [4.69, 9.17) is 0 Å². The first-order valence-corrected chi connectivity index (χ1v) is 9.94. The second-order valence-corrected chi connectivity index (χ2v) is 7.76. The van der Waals surface area contributed by atoms with E-state index in [1.54, 1.807) is 25.2 Å². The van der Waals surface area contributed by atoms with Crippen LogP contribution in [0.4, 0.5) is 4.39 Å². The topological polar surface area (TPSA) is 77.2 Å². The van der Waals surface area contributed by atoms with E-state index in [9.17, 15) is 18.8 Å². The van der Waals surface area contributed by atoms with Crippen molar-refractivity contribution in [2.75, 3.05) is 13.1 Å². The molecule has 0 N–H and O–H groups in total. The van der Waals surface area contributed by atoms with E-state index < -0.39 is 5.69 Å². The van der Waals surface area contributed by atoms with Crippen LogP contribution < -0.4 is 11.2 Å². The minimum Gasteiger partial charge on any atom is -0.342 e. The van der Waals surface area contributed by atoms with E-state index in [0.29, 0.717) is 37.0 Å². The summed E-state index contributed by atoms with van der Waals surface area (Å²) in [5.74, 6) is -0.169. The fraction of sp³-hybridized carbons (Fsp3) is 0.364. The average molecular weight is 410 g/mol. The number of fused-ring (bicyclic) bond motifs is 1. The molecule has 1 atom stereocenters. The summed E-state index contributed by atoms with van der Waals surface area (Å²) in [6.45, 7) is 1.20. The molecule has 3 aromatic rings. The van der Waals surface area contributed by atoms with Crippen LogP contribution >= 0.6 is 0 Å². The molecule has 0 unspecified atom stereocenters. The van der Waals surface area contributed by atoms with Crippen LogP contribution in [0.3, 0.4) is 0 Å². The molecule has 8 heteroatoms. The Labute approximate surface area is 172 Å². The molecular formula is C22H23FN4O3. The zero-order chi connectivity index (χ0) is 21.4. The molecule has 0 aliphatic carbocycles. The summed E-state index contributed by atoms with van der Waals surface area (Å²) >= 11 is 0. The standard InChI is InChI=1S/C22H23FN4O3/c1-25-20-17(21(29)26(2)22(25)30)8-9-18(24-20)15-11-12-27(13-15)19(28)10-5-14-3-6-16(23)7-4-14/h3-4,6-9,15H,5,10-13H2,1-2H3/t15-/m1/s1. The molecule has 0 saturated carbocycles. The molecule has 7 nitrogen and oxygen atoms in total. The smallest absolute Gasteiger partial charge is 0.332 e. The maximum absolute atomic E-state index is 13.0. The molecule has 0 radical (unpaired) electrons. The Kier molecular flexibility index (Phi) is 5.24. The molecule has 0 spiro atoms. The van der Waals surface area contributed by atoms with Gasteiger partial charge in [0.2, 0.25) is 5.91 Å². The van der Waals surface area contributed by atoms with Gasteiger partial charge in [0.25, 0.3) is 5.56 Å². The normalized spacial score (nSPS) is 16.4. The maximum atomic E-state index is 13.0. The number of likely N-dealkylation sites (tertiary alicyclic amines) is 1. The number of carbonyl (C=O) groups excluding carboxylic acids is 1. The number of carbonyl (C=O) groups is 1. The van der Waals surface area contributed by atoms with Crippen molar-refractivity contribution in [2.45, 2.75) is 25.2 Å². The van der Waals surface area contributed by atoms with Gasteiger partial charge in [0.05, 0.1) is 5.39 Å². The number of aromatic nitrogens is 3. The van der Waals surface area contributed by atoms with Gasteiger partial charge in [0.15, 0.2) is 0 Å². The summed E-state index contributed by atoms with van der Waals surface area (Å²) in [5.41, 5.74) is 1.29. The van der Waals surface area contributed by atoms with E-state index in [2.05, 4.69) is 4.98 Å². The molecule has 4 rings (SSSR count). The van der Waals surface area contributed by atoms with Gasteiger partial charge < -0.3 is 4.90 Å². The van der Waals surface area contributed by atoms with Crippen LogP contribution in [-0.4, -0.2) is 38.0 Å². The van der Waals surface area contributed by atoms with Crippen LogP contribution in [0.2, 0.25) is 0 Å². The van der Waals surface area contributed by atoms with Gasteiger partial charge in [-0.25, -0.2) is 14.2 Å². The second-order valence-electron chi connectivity index (χ2n) is 7.76. The minimum atomic E-state index is -0.416. The largest absolute Gasteiger partial charge is 0.342 e. The third-order valence-corrected chi connectivity index (χ3v) is 5.82. The summed E-state index contributed by atoms with van der Waals surface area (Å²) in [7, 11) is 3.05. The van der Waals surface area contributed by atoms with Crippen LogP contribution in [0.25, 0.3) is 11.0 Å². The highest BCUT2D eigenvalue weighted by Crippen LogP contribution is 2.27. The van der Waals surface area contributed by atoms with Crippen LogP contribution in [0.5, 0.6) is 0 Å². The summed E-state index contributed by atoms with van der Waals surface area (Å²) in [5, 5.41) is 0.397. The van der Waals surface area contributed by atoms with Crippen LogP contribution in [0.15, 0.2) is 46.0 Å². The highest BCUT2D eigenvalue weighted by molar-refractivity contribution is 5.77. The van der Waals surface area contributed by atoms with E-state index in [0.717, 1.165) is 22.2 Å². The fourth-order valence-corrected chi connectivity index (χ4v) is 3.98. The number of aryl methyl sites for hydroxylation is 2. The van der Waals surface area contributed by atoms with Gasteiger partial charge in [-0.2, -0.15) is 0 Å². The molecule has 1 fully saturated rings. The third-order valence-electron chi connectivity index (χ3n) is 5.82. The first-order chi connectivity index (χ1) is 14.3. The van der Waals surface area contributed by atoms with E-state index in [-0.39, 0.29) is 23.2 Å². The van der Waals surface area contributed by atoms with Crippen molar-refractivity contribution < 1.29 is 9.18 Å². The van der Waals surface area contributed by atoms with Gasteiger partial charge in [-0.05, 0) is 42.7 Å². The number of amides is 1. The molecule has 30 heavy (non-hydrogen) atoms. The summed E-state index contributed by atoms with van der Waals surface area (Å²) in [4.78, 5) is 43.5. The monoisotopic (exact) mass is 410 g/mol. The van der Waals surface area contributed by atoms with Gasteiger partial charge in [-0.3, -0.25) is 18.7 Å². The summed E-state index contributed by atoms with van der Waals surface area (Å²) < 4.78 is 15.4. The van der Waals surface area contributed by atoms with Crippen molar-refractivity contribution in [1.82, 2.24) is 19.0 Å². The van der Waals surface area contributed by atoms with Crippen molar-refractivity contribution in [2.24, 2.45) is 14.1 Å². The highest BCUT2D eigenvalue weighted by atomic mass is 19.1. The minimum absolute atomic E-state index is 0.0586. The Morgan fingerprint density at radius 1 is 1.10 bits per heavy atom. The van der Waals surface area contributed by atoms with E-state index in [1.807, 2.05) is 11.0 Å². The quantitative estimate of drug-likeness (QED) is 0.656. The molecule has 1 aromatic carbocycles. The van der Waals surface area contributed by atoms with Crippen molar-refractivity contribution in [3.63, 3.8) is 0 Å². The summed E-state index contributed by atoms with van der Waals surface area (Å²) in [6, 6.07) is 9.71. The Hall–Kier alpha value is -3.29. The summed E-state index contributed by atoms with van der Waals surface area (Å²) in [6.07, 6.45) is 1.72. The lowest BCUT2D eigenvalue weighted by Gasteiger charge is -2.17. The third kappa shape index (κ3) is 3.65. The van der Waals surface area contributed by atoms with Gasteiger partial charge in [-0.15, -0.1) is 0 Å². The van der Waals surface area contributed by atoms with Crippen molar-refractivity contribution in [3.8, 4) is 0 Å². The molecular weight excluding hydrogens is 387 g/mol. The Balaban J connectivity index is 1.48. The number of rotatable bonds is 4. The highest BCUT2D eigenvalue weighted by Gasteiger charge is 2.28. The first kappa shape index (κ1) is 20.0. The Morgan fingerprint density at radius 3 is 2.57 bits per heavy atom. The lowest BCUT2D eigenvalue weighted by atomic mass is 10.0. The molecule has 1 aliphatic heterocycles. The molecule has 156 valence electrons. The average Bonchev–Trinajstić information content (AvgIpc) is 3.25. The van der Waals surface area contributed by atoms with Gasteiger partial charge in [0, 0.05) is 45.2 Å². The first-order valence-electron chi connectivity index (χ1n) is 9.94. The molecule has 3 heterocycles. The lowest BCUT2D eigenvalue weighted by Crippen LogP contribution is -2.37. The van der Waals surface area contributed by atoms with Crippen molar-refractivity contribution >= 4 is 16.9 Å². The zero-order valence-electron chi connectivity index (χ0n) is 17.0. The molecule has 1 aliphatic rings. The van der Waals surface area contributed by atoms with Gasteiger partial charge in [-0.1, -0.05) is 12.1 Å². The van der Waals surface area contributed by atoms with E-state index >= 15 is 0 Å². The fourth-order valence-electron chi connectivity index (χ4n) is 3.98. The SMILES string of the molecule is Cn1c(=O)c2ccc([C@@H]3CCN(C(=O)CCc4ccc(F)cc4)C3)nc2n(C)c1=O. The van der Waals surface area contributed by atoms with Gasteiger partial charge >= 0.3 is 5.69 Å². The number of benzene rings is 1. The number of halogens is 1. The predicted octanol–water partition coefficient (Wildman–Crippen LogP) is 1.72. The molecule has 0 bridgehead atoms. The zero-order valence-corrected chi connectivity index (χ0v) is 17.0. The van der Waals surface area contributed by atoms with Crippen LogP contribution in [0.1, 0.15) is 30.0 Å². The molecule has 1 saturated heterocycles. The Morgan fingerprint density at radius 2 is 1.83 bits per heavy atom. The Bertz CT molecular complexity index is 1230. The van der Waals surface area contributed by atoms with Crippen molar-refractivity contribution in [1.29, 1.82) is 0 Å². The van der Waals surface area contributed by atoms with Crippen LogP contribution in [-0.2, 0) is 25.3 Å². The molecule has 1 amide bonds. The number of nitrogens with zero attached hydrogens (tertiary/aromatic N) is 4. The number of hydrogen-bond donors (Lipinski definition) is 0. The second kappa shape index (κ2) is 7.85. The van der Waals surface area contributed by atoms with E-state index in [1.165, 1.54) is 23.7 Å². The lowest BCUT2D eigenvalue weighted by molar-refractivity contribution is -0.130. The molecule has 2 aromatic heterocycles. The van der Waals surface area contributed by atoms with Crippen molar-refractivity contribution in [3.05, 3.63) is 74.3 Å². The number of hydrogen-bond acceptors (Lipinski definition) is 4. The van der Waals surface area contributed by atoms with Crippen LogP contribution in [0, 0.1) is 5.82 Å². The number of pyridine rings is 1.